The number of nitrogens with zero attached hydrogens (tertiary/aromatic N) is 6. The maximum absolute atomic E-state index is 12.7. The molecule has 0 radical (unpaired) electrons. The van der Waals surface area contributed by atoms with E-state index in [1.54, 1.807) is 10.9 Å². The van der Waals surface area contributed by atoms with Gasteiger partial charge in [-0.25, -0.2) is 19.4 Å². The minimum atomic E-state index is -0.860. The molecular weight excluding hydrogens is 440 g/mol. The van der Waals surface area contributed by atoms with Gasteiger partial charge in [-0.05, 0) is 13.0 Å². The topological polar surface area (TPSA) is 159 Å². The molecule has 0 saturated heterocycles. The Morgan fingerprint density at radius 1 is 1.19 bits per heavy atom. The Kier molecular flexibility index (Phi) is 5.76. The standard InChI is InChI=1S/C18H16N8O5S/c1-9-4-5-21-26(9)18-25-24-17(32-18)23-14(27)12-6-11(13(30-3)15(28)31-12)22-16-19-7-10(29-2)8-20-16/h4-8H,1-3H3,(H,19,20,22)(H,23,24,27). The summed E-state index contributed by atoms with van der Waals surface area (Å²) in [5.41, 5.74) is 0.141. The number of aryl methyl sites for hydroxylation is 1. The molecule has 0 aliphatic carbocycles. The van der Waals surface area contributed by atoms with E-state index in [1.807, 2.05) is 13.0 Å². The largest absolute Gasteiger partial charge is 0.494 e. The Balaban J connectivity index is 1.57. The van der Waals surface area contributed by atoms with Crippen LogP contribution in [0.3, 0.4) is 0 Å². The van der Waals surface area contributed by atoms with E-state index in [1.165, 1.54) is 32.7 Å². The van der Waals surface area contributed by atoms with Gasteiger partial charge in [0, 0.05) is 18.0 Å². The molecule has 0 saturated carbocycles. The molecule has 4 rings (SSSR count). The zero-order valence-corrected chi connectivity index (χ0v) is 17.8. The molecule has 0 fully saturated rings. The quantitative estimate of drug-likeness (QED) is 0.417. The molecule has 1 amide bonds. The highest BCUT2D eigenvalue weighted by Crippen LogP contribution is 2.25. The molecular formula is C18H16N8O5S. The van der Waals surface area contributed by atoms with Crippen molar-refractivity contribution in [3.8, 4) is 16.6 Å². The highest BCUT2D eigenvalue weighted by molar-refractivity contribution is 7.17. The fourth-order valence-corrected chi connectivity index (χ4v) is 3.32. The zero-order chi connectivity index (χ0) is 22.7. The highest BCUT2D eigenvalue weighted by Gasteiger charge is 2.20. The Hall–Kier alpha value is -4.33. The molecule has 0 aliphatic rings. The van der Waals surface area contributed by atoms with Crippen LogP contribution < -0.4 is 25.7 Å². The number of hydrogen-bond acceptors (Lipinski definition) is 12. The summed E-state index contributed by atoms with van der Waals surface area (Å²) in [5, 5.41) is 18.1. The molecule has 0 atom stereocenters. The van der Waals surface area contributed by atoms with Gasteiger partial charge in [0.15, 0.2) is 11.5 Å². The lowest BCUT2D eigenvalue weighted by molar-refractivity contribution is 0.0991. The summed E-state index contributed by atoms with van der Waals surface area (Å²) in [6, 6.07) is 3.11. The molecule has 13 nitrogen and oxygen atoms in total. The van der Waals surface area contributed by atoms with Crippen LogP contribution in [0.25, 0.3) is 5.13 Å². The van der Waals surface area contributed by atoms with Crippen molar-refractivity contribution in [2.75, 3.05) is 24.9 Å². The molecule has 4 aromatic rings. The molecule has 164 valence electrons. The van der Waals surface area contributed by atoms with Crippen molar-refractivity contribution in [2.24, 2.45) is 0 Å². The number of ether oxygens (including phenoxy) is 2. The Bertz CT molecular complexity index is 1310. The van der Waals surface area contributed by atoms with Crippen molar-refractivity contribution in [3.63, 3.8) is 0 Å². The molecule has 14 heteroatoms. The summed E-state index contributed by atoms with van der Waals surface area (Å²) in [7, 11) is 2.78. The normalized spacial score (nSPS) is 10.6. The number of nitrogens with one attached hydrogen (secondary N) is 2. The molecule has 0 unspecified atom stereocenters. The second-order valence-electron chi connectivity index (χ2n) is 6.14. The van der Waals surface area contributed by atoms with Gasteiger partial charge in [-0.2, -0.15) is 5.10 Å². The van der Waals surface area contributed by atoms with Crippen molar-refractivity contribution >= 4 is 34.0 Å². The summed E-state index contributed by atoms with van der Waals surface area (Å²) in [4.78, 5) is 33.1. The second-order valence-corrected chi connectivity index (χ2v) is 7.10. The highest BCUT2D eigenvalue weighted by atomic mass is 32.1. The molecule has 0 spiro atoms. The minimum Gasteiger partial charge on any atom is -0.494 e. The van der Waals surface area contributed by atoms with Gasteiger partial charge < -0.3 is 19.2 Å². The number of carbonyl (C=O) groups is 1. The van der Waals surface area contributed by atoms with Crippen LogP contribution >= 0.6 is 11.3 Å². The lowest BCUT2D eigenvalue weighted by Crippen LogP contribution is -2.17. The fraction of sp³-hybridized carbons (Fsp3) is 0.167. The van der Waals surface area contributed by atoms with Gasteiger partial charge in [0.1, 0.15) is 0 Å². The summed E-state index contributed by atoms with van der Waals surface area (Å²) < 4.78 is 16.8. The Labute approximate surface area is 184 Å². The van der Waals surface area contributed by atoms with Gasteiger partial charge >= 0.3 is 5.63 Å². The molecule has 4 heterocycles. The van der Waals surface area contributed by atoms with Crippen LogP contribution in [0.2, 0.25) is 0 Å². The number of hydrogen-bond donors (Lipinski definition) is 2. The number of amides is 1. The van der Waals surface area contributed by atoms with Crippen molar-refractivity contribution in [3.05, 3.63) is 52.6 Å². The van der Waals surface area contributed by atoms with E-state index >= 15 is 0 Å². The van der Waals surface area contributed by atoms with Gasteiger partial charge in [0.2, 0.25) is 22.0 Å². The van der Waals surface area contributed by atoms with Crippen LogP contribution in [0.15, 0.2) is 39.9 Å². The van der Waals surface area contributed by atoms with Gasteiger partial charge in [0.25, 0.3) is 5.91 Å². The lowest BCUT2D eigenvalue weighted by Gasteiger charge is -2.10. The first-order chi connectivity index (χ1) is 15.5. The van der Waals surface area contributed by atoms with Crippen LogP contribution in [-0.2, 0) is 0 Å². The van der Waals surface area contributed by atoms with Crippen LogP contribution in [-0.4, -0.2) is 50.1 Å². The number of methoxy groups -OCH3 is 2. The van der Waals surface area contributed by atoms with E-state index in [-0.39, 0.29) is 28.3 Å². The fourth-order valence-electron chi connectivity index (χ4n) is 2.57. The smallest absolute Gasteiger partial charge is 0.381 e. The average molecular weight is 456 g/mol. The SMILES string of the molecule is COc1cnc(Nc2cc(C(=O)Nc3nnc(-n4nccc4C)s3)oc(=O)c2OC)nc1. The van der Waals surface area contributed by atoms with E-state index in [2.05, 4.69) is 35.9 Å². The summed E-state index contributed by atoms with van der Waals surface area (Å²) in [5.74, 6) is -0.517. The summed E-state index contributed by atoms with van der Waals surface area (Å²) in [6.45, 7) is 1.86. The van der Waals surface area contributed by atoms with E-state index in [4.69, 9.17) is 13.9 Å². The van der Waals surface area contributed by atoms with Crippen molar-refractivity contribution in [1.82, 2.24) is 29.9 Å². The molecule has 0 aromatic carbocycles. The summed E-state index contributed by atoms with van der Waals surface area (Å²) >= 11 is 1.10. The van der Waals surface area contributed by atoms with E-state index in [9.17, 15) is 9.59 Å². The van der Waals surface area contributed by atoms with Gasteiger partial charge in [-0.3, -0.25) is 10.1 Å². The molecule has 32 heavy (non-hydrogen) atoms. The first-order valence-electron chi connectivity index (χ1n) is 8.99. The summed E-state index contributed by atoms with van der Waals surface area (Å²) in [6.07, 6.45) is 4.51. The molecule has 0 aliphatic heterocycles. The van der Waals surface area contributed by atoms with Crippen LogP contribution in [0.4, 0.5) is 16.8 Å². The third-order valence-electron chi connectivity index (χ3n) is 4.09. The van der Waals surface area contributed by atoms with E-state index in [0.717, 1.165) is 17.0 Å². The predicted octanol–water partition coefficient (Wildman–Crippen LogP) is 1.79. The van der Waals surface area contributed by atoms with Crippen molar-refractivity contribution < 1.29 is 18.7 Å². The first kappa shape index (κ1) is 20.9. The number of carbonyl (C=O) groups excluding carboxylic acids is 1. The van der Waals surface area contributed by atoms with Crippen LogP contribution in [0.1, 0.15) is 16.2 Å². The molecule has 0 bridgehead atoms. The lowest BCUT2D eigenvalue weighted by atomic mass is 10.3. The zero-order valence-electron chi connectivity index (χ0n) is 17.0. The van der Waals surface area contributed by atoms with Gasteiger partial charge in [0.05, 0.1) is 32.3 Å². The van der Waals surface area contributed by atoms with E-state index < -0.39 is 11.5 Å². The Morgan fingerprint density at radius 3 is 2.62 bits per heavy atom. The van der Waals surface area contributed by atoms with Gasteiger partial charge in [-0.15, -0.1) is 10.2 Å². The number of aromatic nitrogens is 6. The predicted molar refractivity (Wildman–Crippen MR) is 113 cm³/mol. The third-order valence-corrected chi connectivity index (χ3v) is 4.91. The third kappa shape index (κ3) is 4.24. The number of anilines is 3. The van der Waals surface area contributed by atoms with Crippen LogP contribution in [0, 0.1) is 6.92 Å². The van der Waals surface area contributed by atoms with Crippen molar-refractivity contribution in [2.45, 2.75) is 6.92 Å². The maximum Gasteiger partial charge on any atom is 0.381 e. The van der Waals surface area contributed by atoms with E-state index in [0.29, 0.717) is 10.9 Å². The number of rotatable bonds is 7. The molecule has 4 aromatic heterocycles. The second kappa shape index (κ2) is 8.81. The minimum absolute atomic E-state index is 0.143. The first-order valence-corrected chi connectivity index (χ1v) is 9.81. The Morgan fingerprint density at radius 2 is 1.97 bits per heavy atom. The monoisotopic (exact) mass is 456 g/mol. The molecule has 2 N–H and O–H groups in total. The maximum atomic E-state index is 12.7. The van der Waals surface area contributed by atoms with Gasteiger partial charge in [-0.1, -0.05) is 11.3 Å². The van der Waals surface area contributed by atoms with Crippen LogP contribution in [0.5, 0.6) is 11.5 Å². The average Bonchev–Trinajstić information content (AvgIpc) is 3.42. The van der Waals surface area contributed by atoms with Crippen molar-refractivity contribution in [1.29, 1.82) is 0 Å².